The fourth-order valence-corrected chi connectivity index (χ4v) is 5.04. The van der Waals surface area contributed by atoms with Gasteiger partial charge in [0.05, 0.1) is 24.8 Å². The van der Waals surface area contributed by atoms with Gasteiger partial charge in [0.2, 0.25) is 5.91 Å². The number of halogens is 1. The number of ether oxygens (including phenoxy) is 2. The van der Waals surface area contributed by atoms with E-state index in [1.54, 1.807) is 7.11 Å². The maximum atomic E-state index is 13.0. The van der Waals surface area contributed by atoms with E-state index in [2.05, 4.69) is 10.6 Å². The Morgan fingerprint density at radius 2 is 1.75 bits per heavy atom. The molecule has 1 fully saturated rings. The molecule has 0 N–H and O–H groups in total. The lowest BCUT2D eigenvalue weighted by Gasteiger charge is -2.18. The van der Waals surface area contributed by atoms with Crippen molar-refractivity contribution in [2.75, 3.05) is 25.2 Å². The third-order valence-electron chi connectivity index (χ3n) is 6.76. The van der Waals surface area contributed by atoms with E-state index >= 15 is 0 Å². The minimum atomic E-state index is 0.0227. The fraction of sp³-hybridized carbons (Fsp3) is 0.310. The number of hydrogen-bond acceptors (Lipinski definition) is 4. The number of hydrogen-bond donors (Lipinski definition) is 0. The molecule has 1 aliphatic rings. The molecule has 7 heteroatoms. The number of carbonyl (C=O) groups excluding carboxylic acids is 1. The molecule has 1 aromatic heterocycles. The van der Waals surface area contributed by atoms with Gasteiger partial charge >= 0.3 is 0 Å². The second-order valence-electron chi connectivity index (χ2n) is 9.29. The van der Waals surface area contributed by atoms with Crippen LogP contribution >= 0.6 is 11.6 Å². The van der Waals surface area contributed by atoms with E-state index in [1.165, 1.54) is 0 Å². The molecule has 1 atom stereocenters. The molecule has 0 bridgehead atoms. The van der Waals surface area contributed by atoms with E-state index in [-0.39, 0.29) is 11.8 Å². The van der Waals surface area contributed by atoms with E-state index in [4.69, 9.17) is 26.1 Å². The monoisotopic (exact) mass is 503 g/mol. The van der Waals surface area contributed by atoms with E-state index < -0.39 is 0 Å². The van der Waals surface area contributed by atoms with Gasteiger partial charge in [-0.05, 0) is 79.9 Å². The Kier molecular flexibility index (Phi) is 6.88. The first-order chi connectivity index (χ1) is 17.4. The zero-order chi connectivity index (χ0) is 25.2. The van der Waals surface area contributed by atoms with E-state index in [1.807, 2.05) is 73.3 Å². The summed E-state index contributed by atoms with van der Waals surface area (Å²) in [4.78, 5) is 19.8. The SMILES string of the molecule is COc1ccc(N2CC(c3nc4ccccc4n3CCCOc3cc(C)c(Cl)c(C)c3)CC2=O)cc1. The van der Waals surface area contributed by atoms with Crippen molar-refractivity contribution in [3.63, 3.8) is 0 Å². The van der Waals surface area contributed by atoms with Gasteiger partial charge in [-0.2, -0.15) is 0 Å². The van der Waals surface area contributed by atoms with Crippen molar-refractivity contribution >= 4 is 34.2 Å². The average molecular weight is 504 g/mol. The Hall–Kier alpha value is -3.51. The van der Waals surface area contributed by atoms with E-state index in [9.17, 15) is 4.79 Å². The topological polar surface area (TPSA) is 56.6 Å². The van der Waals surface area contributed by atoms with Gasteiger partial charge in [0.15, 0.2) is 0 Å². The number of imidazole rings is 1. The first-order valence-electron chi connectivity index (χ1n) is 12.2. The first kappa shape index (κ1) is 24.2. The lowest BCUT2D eigenvalue weighted by atomic mass is 10.1. The number of aromatic nitrogens is 2. The molecule has 0 spiro atoms. The largest absolute Gasteiger partial charge is 0.497 e. The normalized spacial score (nSPS) is 15.6. The Bertz CT molecular complexity index is 1370. The maximum absolute atomic E-state index is 13.0. The van der Waals surface area contributed by atoms with Crippen molar-refractivity contribution in [2.45, 2.75) is 39.2 Å². The molecule has 1 aliphatic heterocycles. The summed E-state index contributed by atoms with van der Waals surface area (Å²) >= 11 is 6.29. The molecule has 6 nitrogen and oxygen atoms in total. The van der Waals surface area contributed by atoms with Crippen molar-refractivity contribution < 1.29 is 14.3 Å². The second-order valence-corrected chi connectivity index (χ2v) is 9.66. The van der Waals surface area contributed by atoms with Crippen molar-refractivity contribution in [3.05, 3.63) is 82.6 Å². The van der Waals surface area contributed by atoms with Crippen molar-refractivity contribution in [3.8, 4) is 11.5 Å². The van der Waals surface area contributed by atoms with Crippen LogP contribution in [0.3, 0.4) is 0 Å². The van der Waals surface area contributed by atoms with Gasteiger partial charge in [0, 0.05) is 36.1 Å². The molecule has 3 aromatic carbocycles. The summed E-state index contributed by atoms with van der Waals surface area (Å²) in [5.74, 6) is 2.70. The van der Waals surface area contributed by atoms with Crippen LogP contribution in [0.25, 0.3) is 11.0 Å². The van der Waals surface area contributed by atoms with Gasteiger partial charge in [0.25, 0.3) is 0 Å². The van der Waals surface area contributed by atoms with Gasteiger partial charge in [-0.1, -0.05) is 23.7 Å². The Balaban J connectivity index is 1.32. The number of rotatable bonds is 8. The van der Waals surface area contributed by atoms with Gasteiger partial charge < -0.3 is 18.9 Å². The highest BCUT2D eigenvalue weighted by atomic mass is 35.5. The number of benzene rings is 3. The smallest absolute Gasteiger partial charge is 0.227 e. The number of anilines is 1. The highest BCUT2D eigenvalue weighted by Crippen LogP contribution is 2.34. The minimum absolute atomic E-state index is 0.0227. The summed E-state index contributed by atoms with van der Waals surface area (Å²) in [7, 11) is 1.64. The molecule has 5 rings (SSSR count). The molecule has 0 saturated carbocycles. The fourth-order valence-electron chi connectivity index (χ4n) is 4.94. The summed E-state index contributed by atoms with van der Waals surface area (Å²) in [6.45, 7) is 5.92. The summed E-state index contributed by atoms with van der Waals surface area (Å²) < 4.78 is 13.6. The van der Waals surface area contributed by atoms with Crippen LogP contribution in [0.5, 0.6) is 11.5 Å². The van der Waals surface area contributed by atoms with Crippen LogP contribution < -0.4 is 14.4 Å². The summed E-state index contributed by atoms with van der Waals surface area (Å²) in [5, 5.41) is 0.784. The molecule has 2 heterocycles. The third-order valence-corrected chi connectivity index (χ3v) is 7.36. The number of methoxy groups -OCH3 is 1. The molecule has 0 radical (unpaired) electrons. The molecule has 186 valence electrons. The highest BCUT2D eigenvalue weighted by Gasteiger charge is 2.34. The zero-order valence-electron chi connectivity index (χ0n) is 20.8. The van der Waals surface area contributed by atoms with Crippen LogP contribution in [0.15, 0.2) is 60.7 Å². The molecule has 4 aromatic rings. The quantitative estimate of drug-likeness (QED) is 0.264. The van der Waals surface area contributed by atoms with Crippen LogP contribution in [0, 0.1) is 13.8 Å². The van der Waals surface area contributed by atoms with Crippen LogP contribution in [0.1, 0.15) is 35.7 Å². The second kappa shape index (κ2) is 10.2. The Morgan fingerprint density at radius 3 is 2.47 bits per heavy atom. The molecule has 1 amide bonds. The van der Waals surface area contributed by atoms with Gasteiger partial charge in [0.1, 0.15) is 17.3 Å². The van der Waals surface area contributed by atoms with Gasteiger partial charge in [-0.3, -0.25) is 4.79 Å². The average Bonchev–Trinajstić information content (AvgIpc) is 3.45. The van der Waals surface area contributed by atoms with Gasteiger partial charge in [-0.15, -0.1) is 0 Å². The number of amides is 1. The van der Waals surface area contributed by atoms with E-state index in [0.29, 0.717) is 19.6 Å². The molecular weight excluding hydrogens is 474 g/mol. The van der Waals surface area contributed by atoms with E-state index in [0.717, 1.165) is 63.2 Å². The number of fused-ring (bicyclic) bond motifs is 1. The molecule has 36 heavy (non-hydrogen) atoms. The molecule has 1 saturated heterocycles. The summed E-state index contributed by atoms with van der Waals surface area (Å²) in [5.41, 5.74) is 4.95. The van der Waals surface area contributed by atoms with Crippen LogP contribution in [0.4, 0.5) is 5.69 Å². The minimum Gasteiger partial charge on any atom is -0.497 e. The molecule has 0 aliphatic carbocycles. The third kappa shape index (κ3) is 4.78. The molecule has 1 unspecified atom stereocenters. The first-order valence-corrected chi connectivity index (χ1v) is 12.6. The number of para-hydroxylation sites is 2. The summed E-state index contributed by atoms with van der Waals surface area (Å²) in [6.07, 6.45) is 1.26. The lowest BCUT2D eigenvalue weighted by molar-refractivity contribution is -0.117. The van der Waals surface area contributed by atoms with Crippen molar-refractivity contribution in [1.82, 2.24) is 9.55 Å². The summed E-state index contributed by atoms with van der Waals surface area (Å²) in [6, 6.07) is 19.7. The zero-order valence-corrected chi connectivity index (χ0v) is 21.6. The van der Waals surface area contributed by atoms with Crippen molar-refractivity contribution in [1.29, 1.82) is 0 Å². The number of nitrogens with zero attached hydrogens (tertiary/aromatic N) is 3. The number of aryl methyl sites for hydroxylation is 3. The maximum Gasteiger partial charge on any atom is 0.227 e. The predicted molar refractivity (Wildman–Crippen MR) is 143 cm³/mol. The van der Waals surface area contributed by atoms with Crippen LogP contribution in [-0.4, -0.2) is 35.7 Å². The van der Waals surface area contributed by atoms with Crippen molar-refractivity contribution in [2.24, 2.45) is 0 Å². The predicted octanol–water partition coefficient (Wildman–Crippen LogP) is 6.30. The Labute approximate surface area is 216 Å². The Morgan fingerprint density at radius 1 is 1.03 bits per heavy atom. The lowest BCUT2D eigenvalue weighted by Crippen LogP contribution is -2.24. The van der Waals surface area contributed by atoms with Crippen LogP contribution in [-0.2, 0) is 11.3 Å². The molecular formula is C29H30ClN3O3. The number of carbonyl (C=O) groups is 1. The van der Waals surface area contributed by atoms with Crippen LogP contribution in [0.2, 0.25) is 5.02 Å². The standard InChI is InChI=1S/C29H30ClN3O3/c1-19-15-24(16-20(2)28(19)30)36-14-6-13-32-26-8-5-4-7-25(26)31-29(32)21-17-27(34)33(18-21)22-9-11-23(35-3)12-10-22/h4-5,7-12,15-16,21H,6,13-14,17-18H2,1-3H3. The highest BCUT2D eigenvalue weighted by molar-refractivity contribution is 6.32. The van der Waals surface area contributed by atoms with Gasteiger partial charge in [-0.25, -0.2) is 4.98 Å².